The number of nitrogens with zero attached hydrogens (tertiary/aromatic N) is 2. The zero-order chi connectivity index (χ0) is 19.2. The van der Waals surface area contributed by atoms with Gasteiger partial charge in [0.15, 0.2) is 0 Å². The Balaban J connectivity index is 1.43. The molecule has 1 saturated carbocycles. The van der Waals surface area contributed by atoms with Crippen molar-refractivity contribution in [3.05, 3.63) is 35.4 Å². The Kier molecular flexibility index (Phi) is 6.68. The summed E-state index contributed by atoms with van der Waals surface area (Å²) in [6.07, 6.45) is 3.73. The van der Waals surface area contributed by atoms with Crippen LogP contribution in [-0.4, -0.2) is 72.8 Å². The van der Waals surface area contributed by atoms with Gasteiger partial charge in [0.1, 0.15) is 0 Å². The molecular formula is C20H29N3O4. The second-order valence-electron chi connectivity index (χ2n) is 7.56. The second kappa shape index (κ2) is 9.19. The summed E-state index contributed by atoms with van der Waals surface area (Å²) in [5, 5.41) is 11.8. The van der Waals surface area contributed by atoms with Crippen molar-refractivity contribution in [2.24, 2.45) is 0 Å². The average Bonchev–Trinajstić information content (AvgIpc) is 2.59. The lowest BCUT2D eigenvalue weighted by atomic mass is 9.80. The summed E-state index contributed by atoms with van der Waals surface area (Å²) in [7, 11) is 1.74. The number of carbonyl (C=O) groups is 2. The van der Waals surface area contributed by atoms with Crippen molar-refractivity contribution < 1.29 is 19.4 Å². The van der Waals surface area contributed by atoms with Crippen molar-refractivity contribution in [3.8, 4) is 0 Å². The fourth-order valence-corrected chi connectivity index (χ4v) is 3.60. The van der Waals surface area contributed by atoms with Gasteiger partial charge in [0, 0.05) is 26.2 Å². The Morgan fingerprint density at radius 3 is 2.67 bits per heavy atom. The number of hydrogen-bond donors (Lipinski definition) is 2. The highest BCUT2D eigenvalue weighted by atomic mass is 16.5. The molecule has 0 aromatic heterocycles. The molecule has 2 aliphatic rings. The van der Waals surface area contributed by atoms with Gasteiger partial charge in [0.25, 0.3) is 0 Å². The van der Waals surface area contributed by atoms with Gasteiger partial charge < -0.3 is 20.1 Å². The number of aliphatic carboxylic acids is 1. The van der Waals surface area contributed by atoms with Crippen LogP contribution in [0.4, 0.5) is 4.79 Å². The molecule has 0 radical (unpaired) electrons. The molecule has 27 heavy (non-hydrogen) atoms. The van der Waals surface area contributed by atoms with Gasteiger partial charge in [0.05, 0.1) is 19.3 Å². The molecule has 1 atom stereocenters. The number of morpholine rings is 1. The van der Waals surface area contributed by atoms with Gasteiger partial charge in [0.2, 0.25) is 0 Å². The highest BCUT2D eigenvalue weighted by molar-refractivity contribution is 5.74. The highest BCUT2D eigenvalue weighted by Crippen LogP contribution is 2.36. The average molecular weight is 375 g/mol. The molecule has 2 N–H and O–H groups in total. The molecule has 1 aromatic carbocycles. The SMILES string of the molecule is CN(CC(=O)O)CC1CN(C(=O)NCc2ccc(C3CCC3)cc2)CCO1. The van der Waals surface area contributed by atoms with E-state index in [1.165, 1.54) is 24.8 Å². The van der Waals surface area contributed by atoms with E-state index in [1.54, 1.807) is 16.8 Å². The number of hydrogen-bond acceptors (Lipinski definition) is 4. The first-order valence-corrected chi connectivity index (χ1v) is 9.65. The van der Waals surface area contributed by atoms with E-state index in [0.29, 0.717) is 32.8 Å². The van der Waals surface area contributed by atoms with Crippen LogP contribution in [0.3, 0.4) is 0 Å². The molecular weight excluding hydrogens is 346 g/mol. The van der Waals surface area contributed by atoms with Crippen molar-refractivity contribution in [3.63, 3.8) is 0 Å². The lowest BCUT2D eigenvalue weighted by Crippen LogP contribution is -2.52. The summed E-state index contributed by atoms with van der Waals surface area (Å²) in [5.41, 5.74) is 2.50. The summed E-state index contributed by atoms with van der Waals surface area (Å²) in [5.74, 6) is -0.149. The summed E-state index contributed by atoms with van der Waals surface area (Å²) in [6, 6.07) is 8.43. The van der Waals surface area contributed by atoms with Crippen LogP contribution in [0, 0.1) is 0 Å². The van der Waals surface area contributed by atoms with Gasteiger partial charge in [-0.1, -0.05) is 30.7 Å². The monoisotopic (exact) mass is 375 g/mol. The van der Waals surface area contributed by atoms with E-state index in [-0.39, 0.29) is 18.7 Å². The number of ether oxygens (including phenoxy) is 1. The molecule has 3 rings (SSSR count). The molecule has 1 saturated heterocycles. The fraction of sp³-hybridized carbons (Fsp3) is 0.600. The Bertz CT molecular complexity index is 645. The number of carboxylic acids is 1. The van der Waals surface area contributed by atoms with Crippen LogP contribution in [0.2, 0.25) is 0 Å². The van der Waals surface area contributed by atoms with Gasteiger partial charge in [-0.15, -0.1) is 0 Å². The first-order chi connectivity index (χ1) is 13.0. The van der Waals surface area contributed by atoms with Crippen LogP contribution in [0.5, 0.6) is 0 Å². The predicted octanol–water partition coefficient (Wildman–Crippen LogP) is 1.88. The molecule has 7 nitrogen and oxygen atoms in total. The first-order valence-electron chi connectivity index (χ1n) is 9.65. The largest absolute Gasteiger partial charge is 0.480 e. The maximum absolute atomic E-state index is 12.5. The summed E-state index contributed by atoms with van der Waals surface area (Å²) >= 11 is 0. The third-order valence-corrected chi connectivity index (χ3v) is 5.35. The number of rotatable bonds is 7. The van der Waals surface area contributed by atoms with E-state index in [4.69, 9.17) is 9.84 Å². The van der Waals surface area contributed by atoms with E-state index < -0.39 is 5.97 Å². The third kappa shape index (κ3) is 5.68. The molecule has 148 valence electrons. The smallest absolute Gasteiger partial charge is 0.317 e. The number of carbonyl (C=O) groups excluding carboxylic acids is 1. The molecule has 2 amide bonds. The van der Waals surface area contributed by atoms with Crippen molar-refractivity contribution in [1.82, 2.24) is 15.1 Å². The van der Waals surface area contributed by atoms with Crippen LogP contribution in [0.1, 0.15) is 36.3 Å². The fourth-order valence-electron chi connectivity index (χ4n) is 3.60. The zero-order valence-corrected chi connectivity index (χ0v) is 15.9. The number of nitrogens with one attached hydrogen (secondary N) is 1. The third-order valence-electron chi connectivity index (χ3n) is 5.35. The Morgan fingerprint density at radius 2 is 2.04 bits per heavy atom. The molecule has 1 aliphatic heterocycles. The summed E-state index contributed by atoms with van der Waals surface area (Å²) < 4.78 is 5.67. The van der Waals surface area contributed by atoms with Crippen LogP contribution < -0.4 is 5.32 Å². The zero-order valence-electron chi connectivity index (χ0n) is 15.9. The van der Waals surface area contributed by atoms with Gasteiger partial charge >= 0.3 is 12.0 Å². The molecule has 1 aromatic rings. The highest BCUT2D eigenvalue weighted by Gasteiger charge is 2.25. The minimum absolute atomic E-state index is 0.0388. The van der Waals surface area contributed by atoms with E-state index >= 15 is 0 Å². The van der Waals surface area contributed by atoms with Gasteiger partial charge in [-0.3, -0.25) is 9.69 Å². The van der Waals surface area contributed by atoms with E-state index in [2.05, 4.69) is 29.6 Å². The lowest BCUT2D eigenvalue weighted by Gasteiger charge is -2.34. The maximum atomic E-state index is 12.5. The van der Waals surface area contributed by atoms with Gasteiger partial charge in [-0.05, 0) is 36.9 Å². The quantitative estimate of drug-likeness (QED) is 0.760. The number of amides is 2. The Hall–Kier alpha value is -2.12. The number of carboxylic acid groups (broad SMARTS) is 1. The van der Waals surface area contributed by atoms with Crippen LogP contribution >= 0.6 is 0 Å². The summed E-state index contributed by atoms with van der Waals surface area (Å²) in [6.45, 7) is 2.43. The van der Waals surface area contributed by atoms with Crippen molar-refractivity contribution in [2.75, 3.05) is 39.8 Å². The second-order valence-corrected chi connectivity index (χ2v) is 7.56. The minimum atomic E-state index is -0.869. The van der Waals surface area contributed by atoms with Crippen LogP contribution in [0.25, 0.3) is 0 Å². The number of urea groups is 1. The minimum Gasteiger partial charge on any atom is -0.480 e. The van der Waals surface area contributed by atoms with Crippen LogP contribution in [-0.2, 0) is 16.1 Å². The van der Waals surface area contributed by atoms with Gasteiger partial charge in [-0.2, -0.15) is 0 Å². The standard InChI is InChI=1S/C20H29N3O4/c1-22(14-19(24)25)12-18-13-23(9-10-27-18)20(26)21-11-15-5-7-17(8-6-15)16-3-2-4-16/h5-8,16,18H,2-4,9-14H2,1H3,(H,21,26)(H,24,25). The molecule has 1 unspecified atom stereocenters. The summed E-state index contributed by atoms with van der Waals surface area (Å²) in [4.78, 5) is 26.7. The van der Waals surface area contributed by atoms with Crippen molar-refractivity contribution >= 4 is 12.0 Å². The van der Waals surface area contributed by atoms with Crippen LogP contribution in [0.15, 0.2) is 24.3 Å². The van der Waals surface area contributed by atoms with E-state index in [9.17, 15) is 9.59 Å². The first kappa shape index (κ1) is 19.6. The molecule has 0 bridgehead atoms. The van der Waals surface area contributed by atoms with E-state index in [0.717, 1.165) is 11.5 Å². The topological polar surface area (TPSA) is 82.1 Å². The lowest BCUT2D eigenvalue weighted by molar-refractivity contribution is -0.138. The molecule has 0 spiro atoms. The van der Waals surface area contributed by atoms with E-state index in [1.807, 2.05) is 0 Å². The Morgan fingerprint density at radius 1 is 1.30 bits per heavy atom. The molecule has 1 aliphatic carbocycles. The predicted molar refractivity (Wildman–Crippen MR) is 102 cm³/mol. The molecule has 2 fully saturated rings. The number of likely N-dealkylation sites (N-methyl/N-ethyl adjacent to an activating group) is 1. The molecule has 1 heterocycles. The van der Waals surface area contributed by atoms with Gasteiger partial charge in [-0.25, -0.2) is 4.79 Å². The van der Waals surface area contributed by atoms with Crippen molar-refractivity contribution in [1.29, 1.82) is 0 Å². The Labute approximate surface area is 160 Å². The van der Waals surface area contributed by atoms with Crippen molar-refractivity contribution in [2.45, 2.75) is 37.8 Å². The molecule has 7 heteroatoms. The number of benzene rings is 1. The normalized spacial score (nSPS) is 20.4. The maximum Gasteiger partial charge on any atom is 0.317 e.